The van der Waals surface area contributed by atoms with E-state index in [1.54, 1.807) is 0 Å². The smallest absolute Gasteiger partial charge is 0.220 e. The van der Waals surface area contributed by atoms with Crippen LogP contribution in [-0.4, -0.2) is 77.8 Å². The minimum Gasteiger partial charge on any atom is -0.393 e. The molecular formula is C33H61N2O4+. The van der Waals surface area contributed by atoms with Gasteiger partial charge >= 0.3 is 0 Å². The summed E-state index contributed by atoms with van der Waals surface area (Å²) in [5.41, 5.74) is -0.0914. The fourth-order valence-electron chi connectivity index (χ4n) is 10.2. The van der Waals surface area contributed by atoms with Crippen molar-refractivity contribution < 1.29 is 24.6 Å². The molecule has 0 aromatic carbocycles. The Bertz CT molecular complexity index is 835. The number of aliphatic hydroxyl groups excluding tert-OH is 3. The molecule has 0 spiro atoms. The van der Waals surface area contributed by atoms with Crippen molar-refractivity contribution >= 4 is 5.91 Å². The number of aliphatic hydroxyl groups is 3. The fourth-order valence-corrected chi connectivity index (χ4v) is 10.2. The van der Waals surface area contributed by atoms with Gasteiger partial charge in [0.25, 0.3) is 0 Å². The van der Waals surface area contributed by atoms with E-state index in [-0.39, 0.29) is 41.0 Å². The Morgan fingerprint density at radius 1 is 1.00 bits per heavy atom. The Labute approximate surface area is 238 Å². The number of likely N-dealkylation sites (N-methyl/N-ethyl adjacent to an activating group) is 1. The summed E-state index contributed by atoms with van der Waals surface area (Å²) >= 11 is 0. The first-order valence-corrected chi connectivity index (χ1v) is 16.5. The molecule has 0 saturated heterocycles. The maximum absolute atomic E-state index is 12.7. The number of quaternary nitrogens is 1. The van der Waals surface area contributed by atoms with Gasteiger partial charge in [-0.1, -0.05) is 34.1 Å². The minimum absolute atomic E-state index is 0.108. The lowest BCUT2D eigenvalue weighted by atomic mass is 9.43. The summed E-state index contributed by atoms with van der Waals surface area (Å²) in [7, 11) is 4.51. The average Bonchev–Trinajstić information content (AvgIpc) is 3.22. The lowest BCUT2D eigenvalue weighted by molar-refractivity contribution is -0.889. The topological polar surface area (TPSA) is 89.8 Å². The Morgan fingerprint density at radius 2 is 1.74 bits per heavy atom. The van der Waals surface area contributed by atoms with Crippen molar-refractivity contribution in [2.75, 3.05) is 33.7 Å². The van der Waals surface area contributed by atoms with Crippen molar-refractivity contribution in [3.8, 4) is 0 Å². The van der Waals surface area contributed by atoms with Gasteiger partial charge in [0.05, 0.1) is 52.0 Å². The predicted octanol–water partition coefficient (Wildman–Crippen LogP) is 4.75. The zero-order valence-electron chi connectivity index (χ0n) is 26.0. The Kier molecular flexibility index (Phi) is 9.83. The van der Waals surface area contributed by atoms with Crippen LogP contribution < -0.4 is 5.32 Å². The maximum atomic E-state index is 12.7. The second-order valence-corrected chi connectivity index (χ2v) is 15.5. The van der Waals surface area contributed by atoms with Crippen LogP contribution in [0.3, 0.4) is 0 Å². The zero-order valence-corrected chi connectivity index (χ0v) is 26.0. The summed E-state index contributed by atoms with van der Waals surface area (Å²) in [6.45, 7) is 12.1. The highest BCUT2D eigenvalue weighted by molar-refractivity contribution is 5.75. The Morgan fingerprint density at radius 3 is 2.46 bits per heavy atom. The molecule has 4 rings (SSSR count). The monoisotopic (exact) mass is 549 g/mol. The van der Waals surface area contributed by atoms with Crippen LogP contribution in [0.1, 0.15) is 105 Å². The van der Waals surface area contributed by atoms with Crippen molar-refractivity contribution in [2.45, 2.75) is 123 Å². The molecule has 4 fully saturated rings. The SMILES string of the molecule is CCCCC[N+](C)(C)CCNC(=O)CC[C@@H](C)[C@H]1CCC2C3C(O)CC4C[C@H](O)CC[C@]4(C)C3C[C@H](O)[C@@]21C. The van der Waals surface area contributed by atoms with Gasteiger partial charge < -0.3 is 25.1 Å². The number of nitrogens with zero attached hydrogens (tertiary/aromatic N) is 1. The lowest BCUT2D eigenvalue weighted by Gasteiger charge is -2.63. The van der Waals surface area contributed by atoms with Crippen molar-refractivity contribution in [2.24, 2.45) is 46.3 Å². The van der Waals surface area contributed by atoms with Crippen molar-refractivity contribution in [1.29, 1.82) is 0 Å². The first kappa shape index (κ1) is 31.3. The molecule has 0 heterocycles. The molecule has 4 N–H and O–H groups in total. The van der Waals surface area contributed by atoms with Crippen LogP contribution in [0.15, 0.2) is 0 Å². The molecule has 226 valence electrons. The van der Waals surface area contributed by atoms with Crippen molar-refractivity contribution in [3.63, 3.8) is 0 Å². The number of amides is 1. The van der Waals surface area contributed by atoms with Gasteiger partial charge in [0.2, 0.25) is 5.91 Å². The third-order valence-corrected chi connectivity index (χ3v) is 12.8. The van der Waals surface area contributed by atoms with E-state index in [9.17, 15) is 20.1 Å². The highest BCUT2D eigenvalue weighted by atomic mass is 16.3. The fraction of sp³-hybridized carbons (Fsp3) is 0.970. The summed E-state index contributed by atoms with van der Waals surface area (Å²) in [5.74, 6) is 2.16. The number of rotatable bonds is 11. The van der Waals surface area contributed by atoms with Gasteiger partial charge in [-0.05, 0) is 111 Å². The quantitative estimate of drug-likeness (QED) is 0.221. The molecule has 0 radical (unpaired) electrons. The molecule has 6 heteroatoms. The molecule has 5 unspecified atom stereocenters. The molecule has 0 bridgehead atoms. The molecule has 4 saturated carbocycles. The minimum atomic E-state index is -0.366. The molecule has 1 amide bonds. The van der Waals surface area contributed by atoms with Gasteiger partial charge in [-0.25, -0.2) is 0 Å². The zero-order chi connectivity index (χ0) is 28.6. The number of unbranched alkanes of at least 4 members (excludes halogenated alkanes) is 2. The number of carbonyl (C=O) groups is 1. The maximum Gasteiger partial charge on any atom is 0.220 e. The van der Waals surface area contributed by atoms with Crippen LogP contribution in [0.25, 0.3) is 0 Å². The average molecular weight is 550 g/mol. The van der Waals surface area contributed by atoms with E-state index in [1.165, 1.54) is 19.3 Å². The van der Waals surface area contributed by atoms with E-state index >= 15 is 0 Å². The Balaban J connectivity index is 1.33. The number of hydrogen-bond donors (Lipinski definition) is 4. The summed E-state index contributed by atoms with van der Waals surface area (Å²) in [6, 6.07) is 0. The molecule has 4 aliphatic carbocycles. The van der Waals surface area contributed by atoms with E-state index in [0.29, 0.717) is 36.0 Å². The van der Waals surface area contributed by atoms with Crippen molar-refractivity contribution in [1.82, 2.24) is 5.32 Å². The first-order valence-electron chi connectivity index (χ1n) is 16.5. The first-order chi connectivity index (χ1) is 18.3. The lowest BCUT2D eigenvalue weighted by Crippen LogP contribution is -2.62. The molecular weight excluding hydrogens is 488 g/mol. The van der Waals surface area contributed by atoms with Gasteiger partial charge in [-0.15, -0.1) is 0 Å². The van der Waals surface area contributed by atoms with Gasteiger partial charge in [-0.3, -0.25) is 4.79 Å². The number of fused-ring (bicyclic) bond motifs is 5. The van der Waals surface area contributed by atoms with Crippen LogP contribution in [0, 0.1) is 46.3 Å². The van der Waals surface area contributed by atoms with Crippen molar-refractivity contribution in [3.05, 3.63) is 0 Å². The van der Waals surface area contributed by atoms with Gasteiger partial charge in [0.15, 0.2) is 0 Å². The van der Waals surface area contributed by atoms with E-state index in [1.807, 2.05) is 0 Å². The van der Waals surface area contributed by atoms with E-state index in [2.05, 4.69) is 47.1 Å². The summed E-state index contributed by atoms with van der Waals surface area (Å²) in [4.78, 5) is 12.7. The normalized spacial score (nSPS) is 42.8. The summed E-state index contributed by atoms with van der Waals surface area (Å²) in [5, 5.41) is 36.8. The summed E-state index contributed by atoms with van der Waals surface area (Å²) < 4.78 is 0.949. The second-order valence-electron chi connectivity index (χ2n) is 15.5. The second kappa shape index (κ2) is 12.3. The van der Waals surface area contributed by atoms with Gasteiger partial charge in [-0.2, -0.15) is 0 Å². The molecule has 0 aliphatic heterocycles. The molecule has 0 aromatic rings. The number of hydrogen-bond acceptors (Lipinski definition) is 4. The molecule has 11 atom stereocenters. The molecule has 0 aromatic heterocycles. The number of nitrogens with one attached hydrogen (secondary N) is 1. The summed E-state index contributed by atoms with van der Waals surface area (Å²) in [6.07, 6.45) is 10.6. The third kappa shape index (κ3) is 6.24. The number of carbonyl (C=O) groups excluding carboxylic acids is 1. The van der Waals surface area contributed by atoms with E-state index in [4.69, 9.17) is 0 Å². The van der Waals surface area contributed by atoms with Gasteiger partial charge in [0, 0.05) is 6.42 Å². The standard InChI is InChI=1S/C33H60N2O4/c1-7-8-9-17-35(5,6)18-16-34-30(39)13-10-22(2)25-11-12-26-31-27(21-29(38)33(25,26)4)32(3)15-14-24(36)19-23(32)20-28(31)37/h22-29,31,36-38H,7-21H2,1-6H3/p+1/t22-,23?,24-,25-,26?,27?,28?,29+,31?,32+,33-/m1/s1. The highest BCUT2D eigenvalue weighted by Crippen LogP contribution is 2.68. The third-order valence-electron chi connectivity index (χ3n) is 12.8. The van der Waals surface area contributed by atoms with Crippen LogP contribution in [-0.2, 0) is 4.79 Å². The van der Waals surface area contributed by atoms with Crippen LogP contribution in [0.5, 0.6) is 0 Å². The predicted molar refractivity (Wildman–Crippen MR) is 157 cm³/mol. The molecule has 6 nitrogen and oxygen atoms in total. The van der Waals surface area contributed by atoms with E-state index in [0.717, 1.165) is 75.5 Å². The van der Waals surface area contributed by atoms with Crippen LogP contribution in [0.4, 0.5) is 0 Å². The largest absolute Gasteiger partial charge is 0.393 e. The molecule has 39 heavy (non-hydrogen) atoms. The van der Waals surface area contributed by atoms with Crippen LogP contribution in [0.2, 0.25) is 0 Å². The van der Waals surface area contributed by atoms with Crippen LogP contribution >= 0.6 is 0 Å². The molecule has 4 aliphatic rings. The Hall–Kier alpha value is -0.690. The van der Waals surface area contributed by atoms with Gasteiger partial charge in [0.1, 0.15) is 0 Å². The van der Waals surface area contributed by atoms with E-state index < -0.39 is 0 Å². The highest BCUT2D eigenvalue weighted by Gasteiger charge is 2.65.